The Morgan fingerprint density at radius 3 is 2.67 bits per heavy atom. The van der Waals surface area contributed by atoms with Crippen LogP contribution in [0.5, 0.6) is 0 Å². The molecule has 1 saturated carbocycles. The van der Waals surface area contributed by atoms with Crippen molar-refractivity contribution in [2.75, 3.05) is 56.7 Å². The maximum absolute atomic E-state index is 13.7. The lowest BCUT2D eigenvalue weighted by atomic mass is 10.1. The molecule has 0 bridgehead atoms. The molecule has 1 amide bonds. The zero-order valence-corrected chi connectivity index (χ0v) is 23.4. The SMILES string of the molecule is O=C(C=CCN1CC2OCCOC2C1)Nc1cc2c(Nc3ccc(F)c(Cl)c3)ncnc2cc1C#CC1C2COCC12. The predicted molar refractivity (Wildman–Crippen MR) is 156 cm³/mol. The molecule has 1 aromatic heterocycles. The van der Waals surface area contributed by atoms with E-state index >= 15 is 0 Å². The highest BCUT2D eigenvalue weighted by molar-refractivity contribution is 6.31. The monoisotopic (exact) mass is 589 g/mol. The minimum Gasteiger partial charge on any atom is -0.381 e. The van der Waals surface area contributed by atoms with Crippen molar-refractivity contribution in [3.63, 3.8) is 0 Å². The van der Waals surface area contributed by atoms with Gasteiger partial charge < -0.3 is 24.8 Å². The number of amides is 1. The highest BCUT2D eigenvalue weighted by atomic mass is 35.5. The van der Waals surface area contributed by atoms with Crippen molar-refractivity contribution in [3.8, 4) is 11.8 Å². The van der Waals surface area contributed by atoms with E-state index in [0.717, 1.165) is 26.3 Å². The molecule has 1 aliphatic carbocycles. The molecule has 3 aromatic rings. The van der Waals surface area contributed by atoms with Crippen LogP contribution in [0.25, 0.3) is 10.9 Å². The van der Waals surface area contributed by atoms with Crippen molar-refractivity contribution in [1.29, 1.82) is 0 Å². The Bertz CT molecular complexity index is 1600. The third-order valence-electron chi connectivity index (χ3n) is 8.21. The summed E-state index contributed by atoms with van der Waals surface area (Å²) in [5, 5.41) is 6.85. The fourth-order valence-corrected chi connectivity index (χ4v) is 6.09. The second kappa shape index (κ2) is 11.6. The molecule has 7 rings (SSSR count). The topological polar surface area (TPSA) is 97.8 Å². The van der Waals surface area contributed by atoms with Crippen LogP contribution in [0.2, 0.25) is 5.02 Å². The molecule has 4 fully saturated rings. The summed E-state index contributed by atoms with van der Waals surface area (Å²) in [4.78, 5) is 24.1. The fraction of sp³-hybridized carbons (Fsp3) is 0.387. The first-order valence-corrected chi connectivity index (χ1v) is 14.4. The lowest BCUT2D eigenvalue weighted by molar-refractivity contribution is -0.116. The second-order valence-corrected chi connectivity index (χ2v) is 11.4. The molecular formula is C31H29ClFN5O4. The van der Waals surface area contributed by atoms with Gasteiger partial charge in [-0.15, -0.1) is 0 Å². The summed E-state index contributed by atoms with van der Waals surface area (Å²) in [5.74, 6) is 7.68. The van der Waals surface area contributed by atoms with Gasteiger partial charge in [0.1, 0.15) is 18.0 Å². The van der Waals surface area contributed by atoms with Gasteiger partial charge in [0.15, 0.2) is 0 Å². The smallest absolute Gasteiger partial charge is 0.248 e. The van der Waals surface area contributed by atoms with Gasteiger partial charge in [0, 0.05) is 54.5 Å². The number of hydrogen-bond acceptors (Lipinski definition) is 8. The van der Waals surface area contributed by atoms with E-state index in [1.54, 1.807) is 6.07 Å². The van der Waals surface area contributed by atoms with Gasteiger partial charge in [-0.3, -0.25) is 9.69 Å². The normalized spacial score (nSPS) is 26.5. The molecule has 0 radical (unpaired) electrons. The number of likely N-dealkylation sites (tertiary alicyclic amines) is 1. The first-order chi connectivity index (χ1) is 20.5. The van der Waals surface area contributed by atoms with Crippen LogP contribution in [0.15, 0.2) is 48.8 Å². The number of aromatic nitrogens is 2. The quantitative estimate of drug-likeness (QED) is 0.329. The molecule has 4 unspecified atom stereocenters. The van der Waals surface area contributed by atoms with Crippen LogP contribution in [-0.2, 0) is 19.0 Å². The minimum atomic E-state index is -0.507. The summed E-state index contributed by atoms with van der Waals surface area (Å²) in [6, 6.07) is 8.02. The molecule has 2 N–H and O–H groups in total. The average Bonchev–Trinajstić information content (AvgIpc) is 3.28. The van der Waals surface area contributed by atoms with Gasteiger partial charge in [-0.05, 0) is 30.3 Å². The summed E-state index contributed by atoms with van der Waals surface area (Å²) in [6.07, 6.45) is 5.01. The van der Waals surface area contributed by atoms with E-state index in [0.29, 0.717) is 71.2 Å². The van der Waals surface area contributed by atoms with Gasteiger partial charge in [0.25, 0.3) is 0 Å². The molecule has 0 spiro atoms. The van der Waals surface area contributed by atoms with Crippen molar-refractivity contribution in [3.05, 3.63) is 65.2 Å². The lowest BCUT2D eigenvalue weighted by Gasteiger charge is -2.24. The van der Waals surface area contributed by atoms with Crippen LogP contribution in [0, 0.1) is 35.4 Å². The van der Waals surface area contributed by atoms with Gasteiger partial charge in [-0.2, -0.15) is 0 Å². The van der Waals surface area contributed by atoms with Gasteiger partial charge in [-0.1, -0.05) is 29.5 Å². The molecule has 42 heavy (non-hydrogen) atoms. The second-order valence-electron chi connectivity index (χ2n) is 11.0. The molecule has 2 aromatic carbocycles. The van der Waals surface area contributed by atoms with E-state index in [1.165, 1.54) is 24.5 Å². The van der Waals surface area contributed by atoms with Crippen LogP contribution in [0.4, 0.5) is 21.6 Å². The number of ether oxygens (including phenoxy) is 3. The average molecular weight is 590 g/mol. The van der Waals surface area contributed by atoms with Crippen molar-refractivity contribution in [2.45, 2.75) is 12.2 Å². The summed E-state index contributed by atoms with van der Waals surface area (Å²) in [6.45, 7) is 4.94. The maximum atomic E-state index is 13.7. The number of nitrogens with zero attached hydrogens (tertiary/aromatic N) is 3. The number of hydrogen-bond donors (Lipinski definition) is 2. The molecule has 4 atom stereocenters. The Kier molecular flexibility index (Phi) is 7.52. The number of benzene rings is 2. The summed E-state index contributed by atoms with van der Waals surface area (Å²) in [5.41, 5.74) is 2.44. The van der Waals surface area contributed by atoms with Gasteiger partial charge >= 0.3 is 0 Å². The fourth-order valence-electron chi connectivity index (χ4n) is 5.90. The van der Waals surface area contributed by atoms with E-state index in [2.05, 4.69) is 37.3 Å². The highest BCUT2D eigenvalue weighted by Gasteiger charge is 2.53. The van der Waals surface area contributed by atoms with Gasteiger partial charge in [0.05, 0.1) is 60.4 Å². The number of fused-ring (bicyclic) bond motifs is 3. The summed E-state index contributed by atoms with van der Waals surface area (Å²) in [7, 11) is 0. The third kappa shape index (κ3) is 5.71. The van der Waals surface area contributed by atoms with Crippen LogP contribution in [0.1, 0.15) is 5.56 Å². The van der Waals surface area contributed by atoms with E-state index in [4.69, 9.17) is 25.8 Å². The molecule has 4 heterocycles. The molecule has 216 valence electrons. The third-order valence-corrected chi connectivity index (χ3v) is 8.50. The van der Waals surface area contributed by atoms with Crippen molar-refractivity contribution < 1.29 is 23.4 Å². The number of halogens is 2. The number of rotatable bonds is 6. The number of carbonyl (C=O) groups is 1. The molecule has 3 aliphatic heterocycles. The maximum Gasteiger partial charge on any atom is 0.248 e. The molecule has 3 saturated heterocycles. The molecule has 9 nitrogen and oxygen atoms in total. The molecule has 4 aliphatic rings. The Morgan fingerprint density at radius 2 is 1.90 bits per heavy atom. The van der Waals surface area contributed by atoms with E-state index in [9.17, 15) is 9.18 Å². The van der Waals surface area contributed by atoms with Gasteiger partial charge in [0.2, 0.25) is 5.91 Å². The summed E-state index contributed by atoms with van der Waals surface area (Å²) < 4.78 is 30.8. The van der Waals surface area contributed by atoms with Crippen LogP contribution < -0.4 is 10.6 Å². The number of nitrogens with one attached hydrogen (secondary N) is 2. The van der Waals surface area contributed by atoms with Gasteiger partial charge in [-0.25, -0.2) is 14.4 Å². The lowest BCUT2D eigenvalue weighted by Crippen LogP contribution is -2.36. The summed E-state index contributed by atoms with van der Waals surface area (Å²) >= 11 is 5.98. The van der Waals surface area contributed by atoms with Crippen molar-refractivity contribution >= 4 is 45.6 Å². The van der Waals surface area contributed by atoms with E-state index in [-0.39, 0.29) is 23.1 Å². The highest BCUT2D eigenvalue weighted by Crippen LogP contribution is 2.50. The number of anilines is 3. The largest absolute Gasteiger partial charge is 0.381 e. The Morgan fingerprint density at radius 1 is 1.12 bits per heavy atom. The zero-order chi connectivity index (χ0) is 28.6. The Labute approximate surface area is 247 Å². The molecular weight excluding hydrogens is 561 g/mol. The Balaban J connectivity index is 1.13. The van der Waals surface area contributed by atoms with Crippen molar-refractivity contribution in [2.24, 2.45) is 17.8 Å². The van der Waals surface area contributed by atoms with E-state index in [1.807, 2.05) is 18.2 Å². The van der Waals surface area contributed by atoms with E-state index < -0.39 is 5.82 Å². The standard InChI is InChI=1S/C31H29ClFN5O4/c32-24-11-19(4-6-25(24)33)36-31-21-12-26(37-30(39)2-1-7-38-13-28-29(14-38)42-9-8-41-28)18(10-27(21)34-17-35-31)3-5-20-22-15-40-16-23(20)22/h1-2,4,6,10-12,17,20,22-23,28-29H,7-9,13-16H2,(H,37,39)(H,34,35,36). The van der Waals surface area contributed by atoms with Crippen molar-refractivity contribution in [1.82, 2.24) is 14.9 Å². The first-order valence-electron chi connectivity index (χ1n) is 14.0. The Hall–Kier alpha value is -3.59. The van der Waals surface area contributed by atoms with Crippen LogP contribution in [0.3, 0.4) is 0 Å². The first kappa shape index (κ1) is 27.3. The predicted octanol–water partition coefficient (Wildman–Crippen LogP) is 4.00. The zero-order valence-electron chi connectivity index (χ0n) is 22.7. The van der Waals surface area contributed by atoms with Crippen LogP contribution in [-0.4, -0.2) is 79.0 Å². The number of carbonyl (C=O) groups excluding carboxylic acids is 1. The molecule has 11 heteroatoms. The minimum absolute atomic E-state index is 0.00125. The van der Waals surface area contributed by atoms with Crippen LogP contribution >= 0.6 is 11.6 Å².